The normalized spacial score (nSPS) is 14.3. The molecule has 1 aromatic carbocycles. The van der Waals surface area contributed by atoms with Crippen LogP contribution in [0.25, 0.3) is 6.08 Å². The van der Waals surface area contributed by atoms with Crippen LogP contribution < -0.4 is 15.2 Å². The van der Waals surface area contributed by atoms with Crippen molar-refractivity contribution in [1.82, 2.24) is 0 Å². The predicted octanol–water partition coefficient (Wildman–Crippen LogP) is 1.50. The van der Waals surface area contributed by atoms with Crippen molar-refractivity contribution in [2.75, 3.05) is 6.79 Å². The number of ether oxygens (including phenoxy) is 3. The van der Waals surface area contributed by atoms with Gasteiger partial charge in [-0.05, 0) is 30.7 Å². The van der Waals surface area contributed by atoms with E-state index in [1.807, 2.05) is 0 Å². The van der Waals surface area contributed by atoms with Crippen molar-refractivity contribution < 1.29 is 23.8 Å². The first-order valence-electron chi connectivity index (χ1n) is 5.74. The number of carbonyl (C=O) groups is 2. The lowest BCUT2D eigenvalue weighted by molar-refractivity contribution is -0.148. The second kappa shape index (κ2) is 5.83. The molecule has 1 aliphatic rings. The Hall–Kier alpha value is -2.21. The number of hydrogen-bond donors (Lipinski definition) is 1. The van der Waals surface area contributed by atoms with Crippen LogP contribution in [0.3, 0.4) is 0 Å². The molecule has 1 amide bonds. The van der Waals surface area contributed by atoms with Gasteiger partial charge >= 0.3 is 5.97 Å². The van der Waals surface area contributed by atoms with E-state index in [1.165, 1.54) is 19.1 Å². The smallest absolute Gasteiger partial charge is 0.331 e. The molecule has 0 saturated carbocycles. The molecule has 1 aromatic rings. The van der Waals surface area contributed by atoms with Crippen molar-refractivity contribution >= 4 is 29.6 Å². The molecule has 0 aromatic heterocycles. The Morgan fingerprint density at radius 2 is 2.20 bits per heavy atom. The van der Waals surface area contributed by atoms with E-state index in [4.69, 9.17) is 31.5 Å². The largest absolute Gasteiger partial charge is 0.454 e. The highest BCUT2D eigenvalue weighted by atomic mass is 35.5. The van der Waals surface area contributed by atoms with E-state index in [-0.39, 0.29) is 6.79 Å². The first-order valence-corrected chi connectivity index (χ1v) is 6.12. The molecule has 1 heterocycles. The third-order valence-electron chi connectivity index (χ3n) is 2.56. The van der Waals surface area contributed by atoms with Crippen molar-refractivity contribution in [2.24, 2.45) is 5.73 Å². The summed E-state index contributed by atoms with van der Waals surface area (Å²) in [5.74, 6) is -0.396. The number of hydrogen-bond acceptors (Lipinski definition) is 5. The van der Waals surface area contributed by atoms with Gasteiger partial charge in [0.25, 0.3) is 5.91 Å². The molecule has 0 radical (unpaired) electrons. The zero-order valence-corrected chi connectivity index (χ0v) is 11.3. The average molecular weight is 298 g/mol. The van der Waals surface area contributed by atoms with Crippen molar-refractivity contribution in [3.05, 3.63) is 28.8 Å². The van der Waals surface area contributed by atoms with Crippen molar-refractivity contribution in [3.63, 3.8) is 0 Å². The Kier molecular flexibility index (Phi) is 4.14. The molecule has 0 aliphatic carbocycles. The summed E-state index contributed by atoms with van der Waals surface area (Å²) in [6, 6.07) is 3.30. The van der Waals surface area contributed by atoms with Crippen molar-refractivity contribution in [2.45, 2.75) is 13.0 Å². The minimum atomic E-state index is -0.979. The second-order valence-electron chi connectivity index (χ2n) is 4.05. The third kappa shape index (κ3) is 3.21. The maximum atomic E-state index is 11.4. The molecule has 6 nitrogen and oxygen atoms in total. The minimum absolute atomic E-state index is 0.111. The maximum absolute atomic E-state index is 11.4. The molecule has 0 unspecified atom stereocenters. The number of primary amides is 1. The van der Waals surface area contributed by atoms with Gasteiger partial charge in [0.2, 0.25) is 6.79 Å². The van der Waals surface area contributed by atoms with Crippen LogP contribution in [-0.4, -0.2) is 24.8 Å². The van der Waals surface area contributed by atoms with Crippen LogP contribution in [0, 0.1) is 0 Å². The van der Waals surface area contributed by atoms with Gasteiger partial charge in [0.1, 0.15) is 0 Å². The molecule has 2 rings (SSSR count). The van der Waals surface area contributed by atoms with Gasteiger partial charge in [0.15, 0.2) is 17.6 Å². The summed E-state index contributed by atoms with van der Waals surface area (Å²) in [6.07, 6.45) is 1.68. The monoisotopic (exact) mass is 297 g/mol. The van der Waals surface area contributed by atoms with Gasteiger partial charge in [-0.2, -0.15) is 0 Å². The van der Waals surface area contributed by atoms with Gasteiger partial charge < -0.3 is 19.9 Å². The standard InChI is InChI=1S/C13H12ClNO5/c1-7(13(15)17)20-11(16)3-2-8-4-9(14)12-10(5-8)18-6-19-12/h2-5,7H,6H2,1H3,(H2,15,17)/b3-2+/t7-/m0/s1. The van der Waals surface area contributed by atoms with Gasteiger partial charge in [-0.25, -0.2) is 4.79 Å². The Balaban J connectivity index is 2.06. The molecular weight excluding hydrogens is 286 g/mol. The Morgan fingerprint density at radius 3 is 2.90 bits per heavy atom. The molecule has 0 bridgehead atoms. The zero-order valence-electron chi connectivity index (χ0n) is 10.6. The molecule has 0 spiro atoms. The minimum Gasteiger partial charge on any atom is -0.454 e. The van der Waals surface area contributed by atoms with E-state index in [0.29, 0.717) is 22.1 Å². The SMILES string of the molecule is C[C@H](OC(=O)/C=C/c1cc(Cl)c2c(c1)OCO2)C(N)=O. The summed E-state index contributed by atoms with van der Waals surface area (Å²) in [4.78, 5) is 22.2. The van der Waals surface area contributed by atoms with Crippen LogP contribution >= 0.6 is 11.6 Å². The third-order valence-corrected chi connectivity index (χ3v) is 2.84. The second-order valence-corrected chi connectivity index (χ2v) is 4.46. The Labute approximate surface area is 120 Å². The summed E-state index contributed by atoms with van der Waals surface area (Å²) in [6.45, 7) is 1.51. The molecule has 20 heavy (non-hydrogen) atoms. The van der Waals surface area contributed by atoms with E-state index in [0.717, 1.165) is 0 Å². The predicted molar refractivity (Wildman–Crippen MR) is 71.4 cm³/mol. The lowest BCUT2D eigenvalue weighted by Gasteiger charge is -2.06. The first-order chi connectivity index (χ1) is 9.47. The fraction of sp³-hybridized carbons (Fsp3) is 0.231. The van der Waals surface area contributed by atoms with Gasteiger partial charge in [-0.3, -0.25) is 4.79 Å². The van der Waals surface area contributed by atoms with Crippen LogP contribution in [0.4, 0.5) is 0 Å². The van der Waals surface area contributed by atoms with Crippen LogP contribution in [0.15, 0.2) is 18.2 Å². The van der Waals surface area contributed by atoms with E-state index in [2.05, 4.69) is 0 Å². The summed E-state index contributed by atoms with van der Waals surface area (Å²) in [7, 11) is 0. The maximum Gasteiger partial charge on any atom is 0.331 e. The van der Waals surface area contributed by atoms with Gasteiger partial charge in [0.05, 0.1) is 5.02 Å². The van der Waals surface area contributed by atoms with E-state index < -0.39 is 18.0 Å². The number of esters is 1. The fourth-order valence-corrected chi connectivity index (χ4v) is 1.79. The summed E-state index contributed by atoms with van der Waals surface area (Å²) >= 11 is 6.00. The molecule has 2 N–H and O–H groups in total. The molecule has 0 fully saturated rings. The number of nitrogens with two attached hydrogens (primary N) is 1. The number of benzene rings is 1. The van der Waals surface area contributed by atoms with Gasteiger partial charge in [0, 0.05) is 6.08 Å². The van der Waals surface area contributed by atoms with E-state index in [1.54, 1.807) is 12.1 Å². The number of carbonyl (C=O) groups excluding carboxylic acids is 2. The molecule has 0 saturated heterocycles. The summed E-state index contributed by atoms with van der Waals surface area (Å²) < 4.78 is 15.1. The topological polar surface area (TPSA) is 87.8 Å². The van der Waals surface area contributed by atoms with E-state index in [9.17, 15) is 9.59 Å². The highest BCUT2D eigenvalue weighted by Gasteiger charge is 2.18. The number of halogens is 1. The van der Waals surface area contributed by atoms with Crippen LogP contribution in [0.5, 0.6) is 11.5 Å². The van der Waals surface area contributed by atoms with E-state index >= 15 is 0 Å². The average Bonchev–Trinajstić information content (AvgIpc) is 2.85. The molecule has 7 heteroatoms. The van der Waals surface area contributed by atoms with Crippen LogP contribution in [0.1, 0.15) is 12.5 Å². The molecular formula is C13H12ClNO5. The summed E-state index contributed by atoms with van der Waals surface area (Å²) in [5.41, 5.74) is 5.63. The van der Waals surface area contributed by atoms with Crippen LogP contribution in [0.2, 0.25) is 5.02 Å². The lowest BCUT2D eigenvalue weighted by Crippen LogP contribution is -2.29. The highest BCUT2D eigenvalue weighted by Crippen LogP contribution is 2.40. The lowest BCUT2D eigenvalue weighted by atomic mass is 10.2. The number of rotatable bonds is 4. The summed E-state index contributed by atoms with van der Waals surface area (Å²) in [5, 5.41) is 0.388. The highest BCUT2D eigenvalue weighted by molar-refractivity contribution is 6.32. The number of fused-ring (bicyclic) bond motifs is 1. The quantitative estimate of drug-likeness (QED) is 0.672. The first kappa shape index (κ1) is 14.2. The molecule has 1 atom stereocenters. The molecule has 106 valence electrons. The van der Waals surface area contributed by atoms with Gasteiger partial charge in [-0.1, -0.05) is 11.6 Å². The van der Waals surface area contributed by atoms with Crippen LogP contribution in [-0.2, 0) is 14.3 Å². The Morgan fingerprint density at radius 1 is 1.45 bits per heavy atom. The Bertz CT molecular complexity index is 584. The van der Waals surface area contributed by atoms with Crippen molar-refractivity contribution in [1.29, 1.82) is 0 Å². The number of amides is 1. The van der Waals surface area contributed by atoms with Gasteiger partial charge in [-0.15, -0.1) is 0 Å². The zero-order chi connectivity index (χ0) is 14.7. The fourth-order valence-electron chi connectivity index (χ4n) is 1.52. The molecule has 1 aliphatic heterocycles. The van der Waals surface area contributed by atoms with Crippen molar-refractivity contribution in [3.8, 4) is 11.5 Å².